The van der Waals surface area contributed by atoms with Gasteiger partial charge in [-0.25, -0.2) is 0 Å². The van der Waals surface area contributed by atoms with Crippen LogP contribution in [0.1, 0.15) is 19.4 Å². The summed E-state index contributed by atoms with van der Waals surface area (Å²) in [5.41, 5.74) is 1.34. The molecule has 1 aromatic rings. The minimum absolute atomic E-state index is 0.633. The number of methoxy groups -OCH3 is 1. The highest BCUT2D eigenvalue weighted by atomic mass is 16.5. The maximum atomic E-state index is 5.16. The number of ether oxygens (including phenoxy) is 1. The monoisotopic (exact) mass is 234 g/mol. The maximum absolute atomic E-state index is 5.16. The number of benzene rings is 1. The summed E-state index contributed by atoms with van der Waals surface area (Å²) in [5.74, 6) is 1.63. The Labute approximate surface area is 104 Å². The molecule has 0 aromatic heterocycles. The lowest BCUT2D eigenvalue weighted by atomic mass is 10.1. The van der Waals surface area contributed by atoms with Gasteiger partial charge in [0.2, 0.25) is 0 Å². The topological polar surface area (TPSA) is 24.5 Å². The van der Waals surface area contributed by atoms with Gasteiger partial charge in [0.25, 0.3) is 0 Å². The minimum atomic E-state index is 0.633. The first-order valence-electron chi connectivity index (χ1n) is 6.27. The van der Waals surface area contributed by atoms with E-state index < -0.39 is 0 Å². The lowest BCUT2D eigenvalue weighted by Gasteiger charge is -2.16. The van der Waals surface area contributed by atoms with E-state index in [1.807, 2.05) is 12.1 Å². The van der Waals surface area contributed by atoms with Crippen molar-refractivity contribution in [1.82, 2.24) is 10.2 Å². The number of nitrogens with zero attached hydrogens (tertiary/aromatic N) is 1. The fourth-order valence-electron chi connectivity index (χ4n) is 2.21. The van der Waals surface area contributed by atoms with Gasteiger partial charge in [0, 0.05) is 25.8 Å². The van der Waals surface area contributed by atoms with Gasteiger partial charge in [-0.1, -0.05) is 26.0 Å². The summed E-state index contributed by atoms with van der Waals surface area (Å²) in [6, 6.07) is 8.97. The Morgan fingerprint density at radius 3 is 2.59 bits per heavy atom. The van der Waals surface area contributed by atoms with Crippen LogP contribution in [0.25, 0.3) is 0 Å². The van der Waals surface area contributed by atoms with Crippen LogP contribution in [-0.4, -0.2) is 31.3 Å². The Balaban J connectivity index is 1.89. The molecule has 1 N–H and O–H groups in total. The zero-order valence-corrected chi connectivity index (χ0v) is 10.9. The van der Waals surface area contributed by atoms with Gasteiger partial charge < -0.3 is 4.74 Å². The van der Waals surface area contributed by atoms with Crippen molar-refractivity contribution in [2.45, 2.75) is 26.4 Å². The van der Waals surface area contributed by atoms with Crippen molar-refractivity contribution in [3.63, 3.8) is 0 Å². The fraction of sp³-hybridized carbons (Fsp3) is 0.571. The molecule has 1 fully saturated rings. The number of nitrogens with one attached hydrogen (secondary N) is 1. The SMILES string of the molecule is COc1ccc(CN2CNC(C(C)C)C2)cc1. The highest BCUT2D eigenvalue weighted by Gasteiger charge is 2.23. The average Bonchev–Trinajstić information content (AvgIpc) is 2.79. The summed E-state index contributed by atoms with van der Waals surface area (Å²) in [6.07, 6.45) is 0. The van der Waals surface area contributed by atoms with E-state index in [1.54, 1.807) is 7.11 Å². The normalized spacial score (nSPS) is 21.1. The molecule has 1 heterocycles. The van der Waals surface area contributed by atoms with Gasteiger partial charge in [-0.3, -0.25) is 10.2 Å². The molecule has 1 unspecified atom stereocenters. The van der Waals surface area contributed by atoms with E-state index >= 15 is 0 Å². The van der Waals surface area contributed by atoms with E-state index in [0.29, 0.717) is 12.0 Å². The largest absolute Gasteiger partial charge is 0.497 e. The van der Waals surface area contributed by atoms with Crippen LogP contribution in [-0.2, 0) is 6.54 Å². The molecule has 0 saturated carbocycles. The second kappa shape index (κ2) is 5.52. The van der Waals surface area contributed by atoms with E-state index in [1.165, 1.54) is 5.56 Å². The van der Waals surface area contributed by atoms with Crippen LogP contribution in [0.2, 0.25) is 0 Å². The van der Waals surface area contributed by atoms with E-state index in [-0.39, 0.29) is 0 Å². The van der Waals surface area contributed by atoms with Crippen LogP contribution < -0.4 is 10.1 Å². The standard InChI is InChI=1S/C14H22N2O/c1-11(2)14-9-16(10-15-14)8-12-4-6-13(17-3)7-5-12/h4-7,11,14-15H,8-10H2,1-3H3. The zero-order chi connectivity index (χ0) is 12.3. The molecule has 3 nitrogen and oxygen atoms in total. The van der Waals surface area contributed by atoms with Crippen molar-refractivity contribution >= 4 is 0 Å². The van der Waals surface area contributed by atoms with Gasteiger partial charge in [0.1, 0.15) is 5.75 Å². The molecular formula is C14H22N2O. The van der Waals surface area contributed by atoms with Crippen LogP contribution in [0.4, 0.5) is 0 Å². The Morgan fingerprint density at radius 1 is 1.35 bits per heavy atom. The predicted molar refractivity (Wildman–Crippen MR) is 70.0 cm³/mol. The first-order chi connectivity index (χ1) is 8.19. The van der Waals surface area contributed by atoms with Crippen LogP contribution >= 0.6 is 0 Å². The van der Waals surface area contributed by atoms with Crippen LogP contribution in [0, 0.1) is 5.92 Å². The predicted octanol–water partition coefficient (Wildman–Crippen LogP) is 2.08. The number of rotatable bonds is 4. The summed E-state index contributed by atoms with van der Waals surface area (Å²) in [4.78, 5) is 2.45. The van der Waals surface area contributed by atoms with E-state index in [2.05, 4.69) is 36.2 Å². The van der Waals surface area contributed by atoms with E-state index in [4.69, 9.17) is 4.74 Å². The second-order valence-electron chi connectivity index (χ2n) is 5.07. The van der Waals surface area contributed by atoms with Crippen molar-refractivity contribution in [2.24, 2.45) is 5.92 Å². The molecule has 0 radical (unpaired) electrons. The van der Waals surface area contributed by atoms with Crippen LogP contribution in [0.3, 0.4) is 0 Å². The molecule has 0 amide bonds. The summed E-state index contributed by atoms with van der Waals surface area (Å²) < 4.78 is 5.16. The summed E-state index contributed by atoms with van der Waals surface area (Å²) in [7, 11) is 1.70. The third kappa shape index (κ3) is 3.20. The Bertz CT molecular complexity index is 348. The average molecular weight is 234 g/mol. The Kier molecular flexibility index (Phi) is 4.02. The highest BCUT2D eigenvalue weighted by molar-refractivity contribution is 5.27. The number of hydrogen-bond donors (Lipinski definition) is 1. The summed E-state index contributed by atoms with van der Waals surface area (Å²) >= 11 is 0. The molecule has 1 aliphatic rings. The molecule has 0 bridgehead atoms. The van der Waals surface area contributed by atoms with Gasteiger partial charge in [-0.15, -0.1) is 0 Å². The maximum Gasteiger partial charge on any atom is 0.118 e. The van der Waals surface area contributed by atoms with Crippen LogP contribution in [0.15, 0.2) is 24.3 Å². The molecule has 3 heteroatoms. The van der Waals surface area contributed by atoms with E-state index in [9.17, 15) is 0 Å². The smallest absolute Gasteiger partial charge is 0.118 e. The van der Waals surface area contributed by atoms with Crippen molar-refractivity contribution in [3.05, 3.63) is 29.8 Å². The molecule has 0 spiro atoms. The van der Waals surface area contributed by atoms with Gasteiger partial charge in [-0.2, -0.15) is 0 Å². The third-order valence-electron chi connectivity index (χ3n) is 3.40. The first kappa shape index (κ1) is 12.4. The lowest BCUT2D eigenvalue weighted by Crippen LogP contribution is -2.29. The summed E-state index contributed by atoms with van der Waals surface area (Å²) in [6.45, 7) is 7.70. The first-order valence-corrected chi connectivity index (χ1v) is 6.27. The molecule has 17 heavy (non-hydrogen) atoms. The molecule has 1 atom stereocenters. The minimum Gasteiger partial charge on any atom is -0.497 e. The number of hydrogen-bond acceptors (Lipinski definition) is 3. The quantitative estimate of drug-likeness (QED) is 0.863. The third-order valence-corrected chi connectivity index (χ3v) is 3.40. The Hall–Kier alpha value is -1.06. The van der Waals surface area contributed by atoms with Crippen molar-refractivity contribution in [2.75, 3.05) is 20.3 Å². The van der Waals surface area contributed by atoms with Gasteiger partial charge in [0.15, 0.2) is 0 Å². The van der Waals surface area contributed by atoms with Crippen molar-refractivity contribution < 1.29 is 4.74 Å². The fourth-order valence-corrected chi connectivity index (χ4v) is 2.21. The molecule has 1 aliphatic heterocycles. The molecule has 94 valence electrons. The zero-order valence-electron chi connectivity index (χ0n) is 10.9. The second-order valence-corrected chi connectivity index (χ2v) is 5.07. The Morgan fingerprint density at radius 2 is 2.06 bits per heavy atom. The summed E-state index contributed by atoms with van der Waals surface area (Å²) in [5, 5.41) is 3.55. The van der Waals surface area contributed by atoms with Gasteiger partial charge in [-0.05, 0) is 23.6 Å². The van der Waals surface area contributed by atoms with Crippen LogP contribution in [0.5, 0.6) is 5.75 Å². The molecule has 0 aliphatic carbocycles. The molecule has 1 saturated heterocycles. The van der Waals surface area contributed by atoms with Gasteiger partial charge in [0.05, 0.1) is 7.11 Å². The lowest BCUT2D eigenvalue weighted by molar-refractivity contribution is 0.316. The van der Waals surface area contributed by atoms with Gasteiger partial charge >= 0.3 is 0 Å². The molecule has 2 rings (SSSR count). The molecule has 1 aromatic carbocycles. The highest BCUT2D eigenvalue weighted by Crippen LogP contribution is 2.16. The molecular weight excluding hydrogens is 212 g/mol. The van der Waals surface area contributed by atoms with E-state index in [0.717, 1.165) is 25.5 Å². The van der Waals surface area contributed by atoms with Crippen molar-refractivity contribution in [3.8, 4) is 5.75 Å². The van der Waals surface area contributed by atoms with Crippen molar-refractivity contribution in [1.29, 1.82) is 0 Å².